The van der Waals surface area contributed by atoms with Gasteiger partial charge in [0.05, 0.1) is 5.69 Å². The largest absolute Gasteiger partial charge is 0.367 e. The second-order valence-corrected chi connectivity index (χ2v) is 7.42. The Kier molecular flexibility index (Phi) is 6.06. The number of para-hydroxylation sites is 1. The molecule has 0 atom stereocenters. The van der Waals surface area contributed by atoms with Crippen molar-refractivity contribution < 1.29 is 9.18 Å². The first-order valence-electron chi connectivity index (χ1n) is 10.2. The summed E-state index contributed by atoms with van der Waals surface area (Å²) in [6.45, 7) is 5.04. The molecule has 1 aliphatic heterocycles. The number of anilines is 1. The van der Waals surface area contributed by atoms with Gasteiger partial charge < -0.3 is 10.2 Å². The number of nitrogens with one attached hydrogen (secondary N) is 1. The maximum absolute atomic E-state index is 13.9. The van der Waals surface area contributed by atoms with Crippen molar-refractivity contribution in [2.45, 2.75) is 6.42 Å². The number of fused-ring (bicyclic) bond motifs is 1. The van der Waals surface area contributed by atoms with E-state index >= 15 is 0 Å². The van der Waals surface area contributed by atoms with Crippen molar-refractivity contribution in [1.82, 2.24) is 10.2 Å². The molecule has 1 fully saturated rings. The fraction of sp³-hybridized carbons (Fsp3) is 0.292. The van der Waals surface area contributed by atoms with Gasteiger partial charge in [0.15, 0.2) is 0 Å². The summed E-state index contributed by atoms with van der Waals surface area (Å²) in [4.78, 5) is 17.1. The molecule has 0 aliphatic carbocycles. The molecule has 4 nitrogen and oxygen atoms in total. The number of benzene rings is 3. The highest BCUT2D eigenvalue weighted by atomic mass is 19.1. The van der Waals surface area contributed by atoms with Crippen LogP contribution < -0.4 is 10.2 Å². The van der Waals surface area contributed by atoms with Crippen LogP contribution in [0.5, 0.6) is 0 Å². The second kappa shape index (κ2) is 9.05. The molecule has 3 aromatic rings. The van der Waals surface area contributed by atoms with Crippen LogP contribution in [0.2, 0.25) is 0 Å². The van der Waals surface area contributed by atoms with E-state index in [1.165, 1.54) is 6.07 Å². The third kappa shape index (κ3) is 4.57. The van der Waals surface area contributed by atoms with Gasteiger partial charge >= 0.3 is 0 Å². The Morgan fingerprint density at radius 1 is 0.897 bits per heavy atom. The zero-order valence-corrected chi connectivity index (χ0v) is 16.5. The smallest absolute Gasteiger partial charge is 0.251 e. The lowest BCUT2D eigenvalue weighted by molar-refractivity contribution is 0.0953. The fourth-order valence-corrected chi connectivity index (χ4v) is 3.94. The predicted octanol–water partition coefficient (Wildman–Crippen LogP) is 3.92. The third-order valence-corrected chi connectivity index (χ3v) is 5.54. The lowest BCUT2D eigenvalue weighted by atomic mass is 10.0. The molecule has 1 saturated heterocycles. The zero-order chi connectivity index (χ0) is 20.1. The Morgan fingerprint density at radius 2 is 1.62 bits per heavy atom. The molecule has 1 amide bonds. The molecule has 0 radical (unpaired) electrons. The van der Waals surface area contributed by atoms with E-state index in [1.54, 1.807) is 6.07 Å². The third-order valence-electron chi connectivity index (χ3n) is 5.54. The van der Waals surface area contributed by atoms with Crippen molar-refractivity contribution in [1.29, 1.82) is 0 Å². The van der Waals surface area contributed by atoms with Gasteiger partial charge in [-0.25, -0.2) is 4.39 Å². The molecule has 4 rings (SSSR count). The molecule has 5 heteroatoms. The van der Waals surface area contributed by atoms with E-state index in [0.29, 0.717) is 12.2 Å². The predicted molar refractivity (Wildman–Crippen MR) is 116 cm³/mol. The van der Waals surface area contributed by atoms with E-state index in [4.69, 9.17) is 0 Å². The summed E-state index contributed by atoms with van der Waals surface area (Å²) in [6.07, 6.45) is 0.899. The summed E-state index contributed by atoms with van der Waals surface area (Å²) >= 11 is 0. The number of piperazine rings is 1. The number of rotatable bonds is 6. The second-order valence-electron chi connectivity index (χ2n) is 7.42. The van der Waals surface area contributed by atoms with Crippen molar-refractivity contribution >= 4 is 22.4 Å². The molecule has 0 bridgehead atoms. The van der Waals surface area contributed by atoms with Crippen LogP contribution in [-0.2, 0) is 0 Å². The number of amides is 1. The van der Waals surface area contributed by atoms with Crippen LogP contribution in [-0.4, -0.2) is 50.1 Å². The molecule has 1 aliphatic rings. The van der Waals surface area contributed by atoms with Gasteiger partial charge in [0.25, 0.3) is 5.91 Å². The SMILES string of the molecule is O=C(NCCCN1CCN(c2ccccc2F)CC1)c1cccc2ccccc12. The zero-order valence-electron chi connectivity index (χ0n) is 16.5. The summed E-state index contributed by atoms with van der Waals surface area (Å²) < 4.78 is 13.9. The van der Waals surface area contributed by atoms with Crippen LogP contribution in [0, 0.1) is 5.82 Å². The minimum atomic E-state index is -0.155. The fourth-order valence-electron chi connectivity index (χ4n) is 3.94. The van der Waals surface area contributed by atoms with Crippen LogP contribution in [0.15, 0.2) is 66.7 Å². The molecule has 1 N–H and O–H groups in total. The van der Waals surface area contributed by atoms with E-state index in [1.807, 2.05) is 54.6 Å². The Balaban J connectivity index is 1.22. The van der Waals surface area contributed by atoms with Crippen LogP contribution >= 0.6 is 0 Å². The molecule has 0 spiro atoms. The Labute approximate surface area is 170 Å². The van der Waals surface area contributed by atoms with Crippen LogP contribution in [0.3, 0.4) is 0 Å². The summed E-state index contributed by atoms with van der Waals surface area (Å²) in [5.41, 5.74) is 1.41. The summed E-state index contributed by atoms with van der Waals surface area (Å²) in [5.74, 6) is -0.178. The summed E-state index contributed by atoms with van der Waals surface area (Å²) in [5, 5.41) is 5.11. The van der Waals surface area contributed by atoms with Gasteiger partial charge in [-0.1, -0.05) is 48.5 Å². The average molecular weight is 391 g/mol. The normalized spacial score (nSPS) is 14.9. The monoisotopic (exact) mass is 391 g/mol. The van der Waals surface area contributed by atoms with Gasteiger partial charge in [-0.2, -0.15) is 0 Å². The Bertz CT molecular complexity index is 977. The van der Waals surface area contributed by atoms with E-state index < -0.39 is 0 Å². The van der Waals surface area contributed by atoms with Gasteiger partial charge in [0.2, 0.25) is 0 Å². The van der Waals surface area contributed by atoms with E-state index in [2.05, 4.69) is 15.1 Å². The molecular weight excluding hydrogens is 365 g/mol. The molecule has 29 heavy (non-hydrogen) atoms. The number of carbonyl (C=O) groups is 1. The number of carbonyl (C=O) groups excluding carboxylic acids is 1. The van der Waals surface area contributed by atoms with Crippen LogP contribution in [0.4, 0.5) is 10.1 Å². The lowest BCUT2D eigenvalue weighted by Gasteiger charge is -2.36. The van der Waals surface area contributed by atoms with Gasteiger partial charge in [0.1, 0.15) is 5.82 Å². The molecular formula is C24H26FN3O. The van der Waals surface area contributed by atoms with Crippen molar-refractivity contribution in [2.75, 3.05) is 44.2 Å². The highest BCUT2D eigenvalue weighted by molar-refractivity contribution is 6.06. The van der Waals surface area contributed by atoms with E-state index in [9.17, 15) is 9.18 Å². The highest BCUT2D eigenvalue weighted by Gasteiger charge is 2.19. The molecule has 0 aromatic heterocycles. The first kappa shape index (κ1) is 19.4. The molecule has 1 heterocycles. The number of hydrogen-bond donors (Lipinski definition) is 1. The van der Waals surface area contributed by atoms with Crippen LogP contribution in [0.25, 0.3) is 10.8 Å². The average Bonchev–Trinajstić information content (AvgIpc) is 2.77. The molecule has 0 unspecified atom stereocenters. The highest BCUT2D eigenvalue weighted by Crippen LogP contribution is 2.20. The summed E-state index contributed by atoms with van der Waals surface area (Å²) in [6, 6.07) is 20.7. The van der Waals surface area contributed by atoms with Crippen molar-refractivity contribution in [3.8, 4) is 0 Å². The molecule has 150 valence electrons. The Hall–Kier alpha value is -2.92. The van der Waals surface area contributed by atoms with Gasteiger partial charge in [-0.15, -0.1) is 0 Å². The molecule has 0 saturated carbocycles. The van der Waals surface area contributed by atoms with Gasteiger partial charge in [0, 0.05) is 38.3 Å². The topological polar surface area (TPSA) is 35.6 Å². The first-order valence-corrected chi connectivity index (χ1v) is 10.2. The number of halogens is 1. The first-order chi connectivity index (χ1) is 14.2. The quantitative estimate of drug-likeness (QED) is 0.647. The standard InChI is InChI=1S/C24H26FN3O/c25-22-11-3-4-12-23(22)28-17-15-27(16-18-28)14-6-13-26-24(29)21-10-5-8-19-7-1-2-9-20(19)21/h1-5,7-12H,6,13-18H2,(H,26,29). The van der Waals surface area contributed by atoms with Crippen molar-refractivity contribution in [3.05, 3.63) is 78.1 Å². The van der Waals surface area contributed by atoms with Crippen molar-refractivity contribution in [2.24, 2.45) is 0 Å². The summed E-state index contributed by atoms with van der Waals surface area (Å²) in [7, 11) is 0. The number of nitrogens with zero attached hydrogens (tertiary/aromatic N) is 2. The van der Waals surface area contributed by atoms with E-state index in [-0.39, 0.29) is 11.7 Å². The minimum Gasteiger partial charge on any atom is -0.367 e. The van der Waals surface area contributed by atoms with Gasteiger partial charge in [-0.3, -0.25) is 9.69 Å². The van der Waals surface area contributed by atoms with Crippen LogP contribution in [0.1, 0.15) is 16.8 Å². The maximum atomic E-state index is 13.9. The number of hydrogen-bond acceptors (Lipinski definition) is 3. The van der Waals surface area contributed by atoms with Crippen molar-refractivity contribution in [3.63, 3.8) is 0 Å². The molecule has 3 aromatic carbocycles. The maximum Gasteiger partial charge on any atom is 0.251 e. The Morgan fingerprint density at radius 3 is 2.45 bits per heavy atom. The minimum absolute atomic E-state index is 0.0221. The lowest BCUT2D eigenvalue weighted by Crippen LogP contribution is -2.47. The van der Waals surface area contributed by atoms with Gasteiger partial charge in [-0.05, 0) is 41.9 Å². The van der Waals surface area contributed by atoms with E-state index in [0.717, 1.165) is 55.5 Å².